The first kappa shape index (κ1) is 18.5. The van der Waals surface area contributed by atoms with Gasteiger partial charge in [-0.25, -0.2) is 4.98 Å². The van der Waals surface area contributed by atoms with Gasteiger partial charge in [0, 0.05) is 28.1 Å². The summed E-state index contributed by atoms with van der Waals surface area (Å²) in [7, 11) is 0. The van der Waals surface area contributed by atoms with Gasteiger partial charge in [-0.3, -0.25) is 10.1 Å². The molecule has 132 valence electrons. The topological polar surface area (TPSA) is 79.8 Å². The van der Waals surface area contributed by atoms with Gasteiger partial charge in [-0.2, -0.15) is 5.26 Å². The number of halogens is 1. The summed E-state index contributed by atoms with van der Waals surface area (Å²) < 4.78 is 0. The zero-order valence-corrected chi connectivity index (χ0v) is 15.4. The Hall–Kier alpha value is -3.27. The molecule has 0 aliphatic rings. The number of allylic oxidation sites excluding steroid dienone is 3. The molecule has 27 heavy (non-hydrogen) atoms. The summed E-state index contributed by atoms with van der Waals surface area (Å²) in [4.78, 5) is 14.7. The normalized spacial score (nSPS) is 11.5. The highest BCUT2D eigenvalue weighted by Gasteiger charge is 2.08. The molecule has 2 aromatic carbocycles. The van der Waals surface area contributed by atoms with Gasteiger partial charge in [-0.15, -0.1) is 11.3 Å². The van der Waals surface area contributed by atoms with Crippen LogP contribution < -0.4 is 0 Å². The molecule has 0 spiro atoms. The van der Waals surface area contributed by atoms with E-state index in [9.17, 15) is 15.4 Å². The van der Waals surface area contributed by atoms with Crippen LogP contribution in [0, 0.1) is 21.4 Å². The molecule has 1 heterocycles. The van der Waals surface area contributed by atoms with Crippen LogP contribution in [0.4, 0.5) is 5.69 Å². The minimum atomic E-state index is -0.443. The summed E-state index contributed by atoms with van der Waals surface area (Å²) >= 11 is 7.29. The molecule has 0 amide bonds. The van der Waals surface area contributed by atoms with Crippen molar-refractivity contribution in [2.75, 3.05) is 0 Å². The molecule has 0 radical (unpaired) electrons. The van der Waals surface area contributed by atoms with E-state index in [0.29, 0.717) is 15.6 Å². The summed E-state index contributed by atoms with van der Waals surface area (Å²) in [6, 6.07) is 15.7. The van der Waals surface area contributed by atoms with Crippen LogP contribution in [0.2, 0.25) is 5.02 Å². The summed E-state index contributed by atoms with van der Waals surface area (Å²) in [6.07, 6.45) is 5.17. The largest absolute Gasteiger partial charge is 0.269 e. The Morgan fingerprint density at radius 2 is 1.89 bits per heavy atom. The smallest absolute Gasteiger partial charge is 0.258 e. The van der Waals surface area contributed by atoms with E-state index in [4.69, 9.17) is 11.6 Å². The van der Waals surface area contributed by atoms with Gasteiger partial charge in [0.25, 0.3) is 5.69 Å². The van der Waals surface area contributed by atoms with Crippen LogP contribution in [0.5, 0.6) is 0 Å². The zero-order chi connectivity index (χ0) is 19.2. The average molecular weight is 394 g/mol. The van der Waals surface area contributed by atoms with Crippen molar-refractivity contribution in [3.63, 3.8) is 0 Å². The van der Waals surface area contributed by atoms with Crippen molar-refractivity contribution in [2.24, 2.45) is 0 Å². The Morgan fingerprint density at radius 3 is 2.52 bits per heavy atom. The second-order valence-electron chi connectivity index (χ2n) is 5.44. The fourth-order valence-electron chi connectivity index (χ4n) is 2.27. The molecule has 3 aromatic rings. The van der Waals surface area contributed by atoms with Crippen molar-refractivity contribution in [3.05, 3.63) is 91.8 Å². The minimum Gasteiger partial charge on any atom is -0.258 e. The molecule has 0 aliphatic heterocycles. The minimum absolute atomic E-state index is 0.0397. The molecule has 0 aliphatic carbocycles. The van der Waals surface area contributed by atoms with Crippen LogP contribution in [0.25, 0.3) is 22.9 Å². The first-order valence-corrected chi connectivity index (χ1v) is 9.07. The van der Waals surface area contributed by atoms with Crippen molar-refractivity contribution in [2.45, 2.75) is 0 Å². The van der Waals surface area contributed by atoms with Gasteiger partial charge in [-0.05, 0) is 35.9 Å². The van der Waals surface area contributed by atoms with Crippen LogP contribution in [-0.4, -0.2) is 9.91 Å². The van der Waals surface area contributed by atoms with Crippen LogP contribution in [0.1, 0.15) is 10.6 Å². The van der Waals surface area contributed by atoms with Crippen molar-refractivity contribution in [1.82, 2.24) is 4.98 Å². The van der Waals surface area contributed by atoms with Crippen molar-refractivity contribution < 1.29 is 4.92 Å². The van der Waals surface area contributed by atoms with E-state index in [1.807, 2.05) is 17.5 Å². The lowest BCUT2D eigenvalue weighted by Crippen LogP contribution is -1.86. The van der Waals surface area contributed by atoms with Gasteiger partial charge in [0.2, 0.25) is 0 Å². The number of rotatable bonds is 5. The summed E-state index contributed by atoms with van der Waals surface area (Å²) in [5.41, 5.74) is 3.00. The molecular formula is C20H12ClN3O2S. The molecule has 0 unspecified atom stereocenters. The fraction of sp³-hybridized carbons (Fsp3) is 0. The van der Waals surface area contributed by atoms with E-state index in [1.54, 1.807) is 42.5 Å². The quantitative estimate of drug-likeness (QED) is 0.230. The average Bonchev–Trinajstić information content (AvgIpc) is 3.16. The molecule has 7 heteroatoms. The van der Waals surface area contributed by atoms with Crippen molar-refractivity contribution in [3.8, 4) is 17.3 Å². The highest BCUT2D eigenvalue weighted by atomic mass is 35.5. The maximum absolute atomic E-state index is 10.7. The number of hydrogen-bond acceptors (Lipinski definition) is 5. The van der Waals surface area contributed by atoms with Gasteiger partial charge in [-0.1, -0.05) is 35.9 Å². The SMILES string of the molecule is N#CC(=CC=Cc1ccc([N+](=O)[O-])cc1)c1nc(-c2ccc(Cl)cc2)cs1. The molecule has 0 atom stereocenters. The number of nitro benzene ring substituents is 1. The van der Waals surface area contributed by atoms with E-state index in [2.05, 4.69) is 11.1 Å². The van der Waals surface area contributed by atoms with Gasteiger partial charge < -0.3 is 0 Å². The first-order valence-electron chi connectivity index (χ1n) is 7.81. The molecule has 1 aromatic heterocycles. The Labute approximate surface area is 164 Å². The molecule has 0 fully saturated rings. The van der Waals surface area contributed by atoms with E-state index >= 15 is 0 Å². The molecule has 0 N–H and O–H groups in total. The maximum atomic E-state index is 10.7. The second kappa shape index (κ2) is 8.41. The zero-order valence-electron chi connectivity index (χ0n) is 13.9. The fourth-order valence-corrected chi connectivity index (χ4v) is 3.20. The number of benzene rings is 2. The monoisotopic (exact) mass is 393 g/mol. The predicted octanol–water partition coefficient (Wildman–Crippen LogP) is 5.99. The summed E-state index contributed by atoms with van der Waals surface area (Å²) in [5.74, 6) is 0. The highest BCUT2D eigenvalue weighted by Crippen LogP contribution is 2.27. The third-order valence-corrected chi connectivity index (χ3v) is 4.78. The molecule has 5 nitrogen and oxygen atoms in total. The molecule has 0 saturated heterocycles. The van der Waals surface area contributed by atoms with E-state index in [1.165, 1.54) is 23.5 Å². The van der Waals surface area contributed by atoms with Gasteiger partial charge in [0.15, 0.2) is 0 Å². The molecule has 0 saturated carbocycles. The lowest BCUT2D eigenvalue weighted by Gasteiger charge is -1.96. The van der Waals surface area contributed by atoms with Crippen LogP contribution in [-0.2, 0) is 0 Å². The van der Waals surface area contributed by atoms with Crippen LogP contribution >= 0.6 is 22.9 Å². The van der Waals surface area contributed by atoms with Gasteiger partial charge >= 0.3 is 0 Å². The third-order valence-electron chi connectivity index (χ3n) is 3.65. The number of aromatic nitrogens is 1. The van der Waals surface area contributed by atoms with E-state index in [0.717, 1.165) is 16.8 Å². The third kappa shape index (κ3) is 4.67. The number of nitro groups is 1. The molecule has 3 rings (SSSR count). The highest BCUT2D eigenvalue weighted by molar-refractivity contribution is 7.11. The summed E-state index contributed by atoms with van der Waals surface area (Å²) in [5, 5.41) is 23.2. The number of nitriles is 1. The number of non-ortho nitro benzene ring substituents is 1. The van der Waals surface area contributed by atoms with Crippen LogP contribution in [0.15, 0.2) is 66.1 Å². The Kier molecular flexibility index (Phi) is 5.77. The number of thiazole rings is 1. The molecular weight excluding hydrogens is 382 g/mol. The van der Waals surface area contributed by atoms with Crippen molar-refractivity contribution in [1.29, 1.82) is 5.26 Å². The van der Waals surface area contributed by atoms with Gasteiger partial charge in [0.05, 0.1) is 16.2 Å². The van der Waals surface area contributed by atoms with Crippen LogP contribution in [0.3, 0.4) is 0 Å². The second-order valence-corrected chi connectivity index (χ2v) is 6.74. The number of hydrogen-bond donors (Lipinski definition) is 0. The van der Waals surface area contributed by atoms with E-state index < -0.39 is 4.92 Å². The first-order chi connectivity index (χ1) is 13.1. The Bertz CT molecular complexity index is 1060. The summed E-state index contributed by atoms with van der Waals surface area (Å²) in [6.45, 7) is 0. The molecule has 0 bridgehead atoms. The van der Waals surface area contributed by atoms with E-state index in [-0.39, 0.29) is 5.69 Å². The van der Waals surface area contributed by atoms with Crippen molar-refractivity contribution >= 4 is 40.3 Å². The standard InChI is InChI=1S/C20H12ClN3O2S/c21-17-8-6-15(7-9-17)19-13-27-20(23-19)16(12-22)3-1-2-14-4-10-18(11-5-14)24(25)26/h1-11,13H. The lowest BCUT2D eigenvalue weighted by molar-refractivity contribution is -0.384. The van der Waals surface area contributed by atoms with Gasteiger partial charge in [0.1, 0.15) is 11.1 Å². The lowest BCUT2D eigenvalue weighted by atomic mass is 10.1. The predicted molar refractivity (Wildman–Crippen MR) is 108 cm³/mol. The Morgan fingerprint density at radius 1 is 1.19 bits per heavy atom. The Balaban J connectivity index is 1.77. The number of nitrogens with zero attached hydrogens (tertiary/aromatic N) is 3. The maximum Gasteiger partial charge on any atom is 0.269 e.